The number of phenolic OH excluding ortho intramolecular Hbond substituents is 1. The third-order valence-corrected chi connectivity index (χ3v) is 4.48. The van der Waals surface area contributed by atoms with E-state index >= 15 is 0 Å². The lowest BCUT2D eigenvalue weighted by Gasteiger charge is -2.10. The van der Waals surface area contributed by atoms with E-state index in [1.54, 1.807) is 0 Å². The summed E-state index contributed by atoms with van der Waals surface area (Å²) < 4.78 is 5.21. The predicted molar refractivity (Wildman–Crippen MR) is 100 cm³/mol. The van der Waals surface area contributed by atoms with Crippen LogP contribution in [0.2, 0.25) is 5.02 Å². The number of phenols is 1. The summed E-state index contributed by atoms with van der Waals surface area (Å²) in [7, 11) is 0. The van der Waals surface area contributed by atoms with Gasteiger partial charge in [0.25, 0.3) is 0 Å². The van der Waals surface area contributed by atoms with Gasteiger partial charge in [-0.3, -0.25) is 0 Å². The molecule has 5 heteroatoms. The Kier molecular flexibility index (Phi) is 5.41. The van der Waals surface area contributed by atoms with Crippen molar-refractivity contribution < 1.29 is 9.52 Å². The maximum absolute atomic E-state index is 11.8. The molecule has 0 saturated carbocycles. The quantitative estimate of drug-likeness (QED) is 0.516. The number of fused-ring (bicyclic) bond motifs is 1. The molecule has 0 fully saturated rings. The largest absolute Gasteiger partial charge is 0.508 e. The van der Waals surface area contributed by atoms with Gasteiger partial charge in [-0.25, -0.2) is 4.79 Å². The number of benzene rings is 2. The number of aryl methyl sites for hydroxylation is 1. The number of hydrogen-bond donors (Lipinski definition) is 2. The van der Waals surface area contributed by atoms with Crippen LogP contribution in [0.1, 0.15) is 23.6 Å². The molecule has 25 heavy (non-hydrogen) atoms. The molecular weight excluding hydrogens is 338 g/mol. The molecule has 0 amide bonds. The van der Waals surface area contributed by atoms with Crippen molar-refractivity contribution in [2.75, 3.05) is 6.54 Å². The van der Waals surface area contributed by atoms with E-state index in [0.717, 1.165) is 34.5 Å². The zero-order valence-electron chi connectivity index (χ0n) is 14.0. The van der Waals surface area contributed by atoms with Gasteiger partial charge in [-0.15, -0.1) is 0 Å². The molecule has 130 valence electrons. The summed E-state index contributed by atoms with van der Waals surface area (Å²) >= 11 is 5.89. The Hall–Kier alpha value is -2.30. The topological polar surface area (TPSA) is 62.5 Å². The molecule has 0 saturated heterocycles. The minimum absolute atomic E-state index is 0.158. The van der Waals surface area contributed by atoms with E-state index in [0.29, 0.717) is 18.5 Å². The van der Waals surface area contributed by atoms with Crippen molar-refractivity contribution in [2.24, 2.45) is 0 Å². The molecule has 1 heterocycles. The van der Waals surface area contributed by atoms with Crippen LogP contribution in [0.15, 0.2) is 51.7 Å². The molecule has 4 nitrogen and oxygen atoms in total. The van der Waals surface area contributed by atoms with Gasteiger partial charge >= 0.3 is 5.63 Å². The molecule has 0 bridgehead atoms. The van der Waals surface area contributed by atoms with Crippen LogP contribution in [-0.2, 0) is 19.4 Å². The van der Waals surface area contributed by atoms with E-state index in [2.05, 4.69) is 5.32 Å². The number of halogens is 1. The molecule has 3 rings (SSSR count). The van der Waals surface area contributed by atoms with E-state index in [4.69, 9.17) is 16.0 Å². The summed E-state index contributed by atoms with van der Waals surface area (Å²) in [5.74, 6) is 0.158. The normalized spacial score (nSPS) is 11.1. The zero-order valence-corrected chi connectivity index (χ0v) is 14.8. The fourth-order valence-electron chi connectivity index (χ4n) is 2.84. The molecular formula is C20H20ClNO3. The summed E-state index contributed by atoms with van der Waals surface area (Å²) in [4.78, 5) is 11.8. The Bertz CT molecular complexity index is 932. The summed E-state index contributed by atoms with van der Waals surface area (Å²) in [5.41, 5.74) is 2.91. The molecule has 0 unspecified atom stereocenters. The predicted octanol–water partition coefficient (Wildman–Crippen LogP) is 4.05. The van der Waals surface area contributed by atoms with Crippen molar-refractivity contribution in [3.05, 3.63) is 74.6 Å². The lowest BCUT2D eigenvalue weighted by Crippen LogP contribution is -2.18. The van der Waals surface area contributed by atoms with Gasteiger partial charge < -0.3 is 14.8 Å². The van der Waals surface area contributed by atoms with Gasteiger partial charge in [-0.1, -0.05) is 30.7 Å². The van der Waals surface area contributed by atoms with Gasteiger partial charge in [-0.05, 0) is 54.3 Å². The first-order valence-electron chi connectivity index (χ1n) is 8.30. The molecule has 3 aromatic rings. The molecule has 2 N–H and O–H groups in total. The summed E-state index contributed by atoms with van der Waals surface area (Å²) in [5, 5.41) is 14.9. The first-order valence-corrected chi connectivity index (χ1v) is 8.68. The lowest BCUT2D eigenvalue weighted by atomic mass is 10.0. The standard InChI is InChI=1S/C20H20ClNO3/c1-2-14-9-17-15(10-20(24)25-19(17)11-18(14)23)12-22-8-7-13-3-5-16(21)6-4-13/h3-6,9-11,22-23H,2,7-8,12H2,1H3. The maximum atomic E-state index is 11.8. The van der Waals surface area contributed by atoms with Crippen molar-refractivity contribution >= 4 is 22.6 Å². The summed E-state index contributed by atoms with van der Waals surface area (Å²) in [6, 6.07) is 12.7. The van der Waals surface area contributed by atoms with Crippen molar-refractivity contribution in [1.29, 1.82) is 0 Å². The molecule has 0 aliphatic heterocycles. The smallest absolute Gasteiger partial charge is 0.336 e. The van der Waals surface area contributed by atoms with Crippen molar-refractivity contribution in [2.45, 2.75) is 26.3 Å². The highest BCUT2D eigenvalue weighted by molar-refractivity contribution is 6.30. The van der Waals surface area contributed by atoms with Crippen molar-refractivity contribution in [3.63, 3.8) is 0 Å². The van der Waals surface area contributed by atoms with Gasteiger partial charge in [0.1, 0.15) is 11.3 Å². The Balaban J connectivity index is 1.74. The van der Waals surface area contributed by atoms with Crippen LogP contribution in [0.25, 0.3) is 11.0 Å². The van der Waals surface area contributed by atoms with Crippen LogP contribution >= 0.6 is 11.6 Å². The van der Waals surface area contributed by atoms with E-state index in [1.807, 2.05) is 37.3 Å². The summed E-state index contributed by atoms with van der Waals surface area (Å²) in [6.07, 6.45) is 1.59. The second-order valence-corrected chi connectivity index (χ2v) is 6.41. The van der Waals surface area contributed by atoms with Crippen LogP contribution in [-0.4, -0.2) is 11.7 Å². The van der Waals surface area contributed by atoms with Crippen LogP contribution in [0.5, 0.6) is 5.75 Å². The average Bonchev–Trinajstić information content (AvgIpc) is 2.59. The minimum Gasteiger partial charge on any atom is -0.508 e. The Morgan fingerprint density at radius 3 is 2.60 bits per heavy atom. The van der Waals surface area contributed by atoms with Gasteiger partial charge in [0.05, 0.1) is 0 Å². The minimum atomic E-state index is -0.411. The third-order valence-electron chi connectivity index (χ3n) is 4.23. The Labute approximate surface area is 151 Å². The first kappa shape index (κ1) is 17.5. The number of hydrogen-bond acceptors (Lipinski definition) is 4. The van der Waals surface area contributed by atoms with Crippen LogP contribution < -0.4 is 10.9 Å². The molecule has 0 spiro atoms. The highest BCUT2D eigenvalue weighted by Gasteiger charge is 2.09. The first-order chi connectivity index (χ1) is 12.1. The Morgan fingerprint density at radius 2 is 1.88 bits per heavy atom. The molecule has 0 aliphatic rings. The number of rotatable bonds is 6. The van der Waals surface area contributed by atoms with E-state index in [-0.39, 0.29) is 5.75 Å². The van der Waals surface area contributed by atoms with Crippen LogP contribution in [0.4, 0.5) is 0 Å². The highest BCUT2D eigenvalue weighted by atomic mass is 35.5. The number of nitrogens with one attached hydrogen (secondary N) is 1. The van der Waals surface area contributed by atoms with Crippen LogP contribution in [0.3, 0.4) is 0 Å². The van der Waals surface area contributed by atoms with Crippen molar-refractivity contribution in [1.82, 2.24) is 5.32 Å². The monoisotopic (exact) mass is 357 g/mol. The van der Waals surface area contributed by atoms with E-state index in [9.17, 15) is 9.90 Å². The maximum Gasteiger partial charge on any atom is 0.336 e. The summed E-state index contributed by atoms with van der Waals surface area (Å²) in [6.45, 7) is 3.32. The second-order valence-electron chi connectivity index (χ2n) is 5.97. The van der Waals surface area contributed by atoms with Gasteiger partial charge in [0, 0.05) is 29.1 Å². The molecule has 1 aromatic heterocycles. The lowest BCUT2D eigenvalue weighted by molar-refractivity contribution is 0.466. The number of aromatic hydroxyl groups is 1. The SMILES string of the molecule is CCc1cc2c(CNCCc3ccc(Cl)cc3)cc(=O)oc2cc1O. The fraction of sp³-hybridized carbons (Fsp3) is 0.250. The second kappa shape index (κ2) is 7.72. The molecule has 0 radical (unpaired) electrons. The van der Waals surface area contributed by atoms with E-state index < -0.39 is 5.63 Å². The van der Waals surface area contributed by atoms with Gasteiger partial charge in [0.15, 0.2) is 0 Å². The molecule has 0 atom stereocenters. The van der Waals surface area contributed by atoms with Gasteiger partial charge in [0.2, 0.25) is 0 Å². The molecule has 2 aromatic carbocycles. The van der Waals surface area contributed by atoms with Crippen molar-refractivity contribution in [3.8, 4) is 5.75 Å². The zero-order chi connectivity index (χ0) is 17.8. The highest BCUT2D eigenvalue weighted by Crippen LogP contribution is 2.26. The third kappa shape index (κ3) is 4.21. The van der Waals surface area contributed by atoms with Crippen LogP contribution in [0, 0.1) is 0 Å². The Morgan fingerprint density at radius 1 is 1.12 bits per heavy atom. The van der Waals surface area contributed by atoms with E-state index in [1.165, 1.54) is 17.7 Å². The molecule has 0 aliphatic carbocycles. The average molecular weight is 358 g/mol. The van der Waals surface area contributed by atoms with Gasteiger partial charge in [-0.2, -0.15) is 0 Å². The fourth-order valence-corrected chi connectivity index (χ4v) is 2.97.